The van der Waals surface area contributed by atoms with Crippen molar-refractivity contribution in [3.8, 4) is 0 Å². The maximum atomic E-state index is 13.1. The fourth-order valence-electron chi connectivity index (χ4n) is 2.72. The highest BCUT2D eigenvalue weighted by molar-refractivity contribution is 7.89. The van der Waals surface area contributed by atoms with Crippen molar-refractivity contribution < 1.29 is 37.0 Å². The molecule has 1 aliphatic heterocycles. The Labute approximate surface area is 163 Å². The maximum Gasteiger partial charge on any atom is 0.409 e. The van der Waals surface area contributed by atoms with Gasteiger partial charge in [-0.05, 0) is 25.1 Å². The van der Waals surface area contributed by atoms with Gasteiger partial charge in [-0.2, -0.15) is 4.31 Å². The van der Waals surface area contributed by atoms with Gasteiger partial charge >= 0.3 is 18.0 Å². The van der Waals surface area contributed by atoms with Gasteiger partial charge < -0.3 is 19.1 Å². The molecule has 1 aromatic rings. The largest absolute Gasteiger partial charge is 0.465 e. The molecule has 0 atom stereocenters. The summed E-state index contributed by atoms with van der Waals surface area (Å²) in [6, 6.07) is 3.58. The first-order valence-corrected chi connectivity index (χ1v) is 9.92. The van der Waals surface area contributed by atoms with Crippen molar-refractivity contribution in [3.05, 3.63) is 29.3 Å². The van der Waals surface area contributed by atoms with Crippen LogP contribution >= 0.6 is 0 Å². The monoisotopic (exact) mass is 414 g/mol. The third-order valence-electron chi connectivity index (χ3n) is 4.19. The molecule has 0 saturated carbocycles. The summed E-state index contributed by atoms with van der Waals surface area (Å²) in [5, 5.41) is 0. The molecule has 28 heavy (non-hydrogen) atoms. The number of ether oxygens (including phenoxy) is 3. The second-order valence-electron chi connectivity index (χ2n) is 5.78. The van der Waals surface area contributed by atoms with Crippen LogP contribution in [0.4, 0.5) is 4.79 Å². The van der Waals surface area contributed by atoms with Crippen molar-refractivity contribution in [2.24, 2.45) is 0 Å². The quantitative estimate of drug-likeness (QED) is 0.511. The molecule has 0 bridgehead atoms. The molecule has 0 N–H and O–H groups in total. The maximum absolute atomic E-state index is 13.1. The van der Waals surface area contributed by atoms with Crippen molar-refractivity contribution in [2.75, 3.05) is 47.0 Å². The summed E-state index contributed by atoms with van der Waals surface area (Å²) in [4.78, 5) is 36.7. The average Bonchev–Trinajstić information content (AvgIpc) is 2.72. The molecule has 10 nitrogen and oxygen atoms in total. The zero-order valence-electron chi connectivity index (χ0n) is 15.8. The Kier molecular flexibility index (Phi) is 6.97. The van der Waals surface area contributed by atoms with Crippen LogP contribution in [0.3, 0.4) is 0 Å². The fraction of sp³-hybridized carbons (Fsp3) is 0.471. The van der Waals surface area contributed by atoms with Crippen molar-refractivity contribution in [1.29, 1.82) is 0 Å². The Hall–Kier alpha value is -2.66. The molecule has 1 amide bonds. The van der Waals surface area contributed by atoms with Crippen LogP contribution in [0, 0.1) is 0 Å². The molecule has 154 valence electrons. The van der Waals surface area contributed by atoms with Gasteiger partial charge in [-0.15, -0.1) is 0 Å². The molecule has 1 aromatic carbocycles. The van der Waals surface area contributed by atoms with Crippen LogP contribution in [-0.2, 0) is 24.2 Å². The second kappa shape index (κ2) is 9.02. The number of carbonyl (C=O) groups is 3. The van der Waals surface area contributed by atoms with Gasteiger partial charge in [-0.3, -0.25) is 0 Å². The summed E-state index contributed by atoms with van der Waals surface area (Å²) in [6.07, 6.45) is -0.512. The number of esters is 2. The molecule has 11 heteroatoms. The lowest BCUT2D eigenvalue weighted by Crippen LogP contribution is -2.50. The number of hydrogen-bond donors (Lipinski definition) is 0. The highest BCUT2D eigenvalue weighted by atomic mass is 32.2. The lowest BCUT2D eigenvalue weighted by atomic mass is 10.1. The molecule has 0 radical (unpaired) electrons. The highest BCUT2D eigenvalue weighted by Gasteiger charge is 2.34. The lowest BCUT2D eigenvalue weighted by molar-refractivity contribution is 0.0583. The standard InChI is InChI=1S/C17H22N2O8S/c1-4-27-17(22)18-7-9-19(10-8-18)28(23,24)14-11-12(15(20)25-2)5-6-13(14)16(21)26-3/h5-6,11H,4,7-10H2,1-3H3. The molecule has 1 saturated heterocycles. The number of benzene rings is 1. The van der Waals surface area contributed by atoms with E-state index in [1.807, 2.05) is 0 Å². The highest BCUT2D eigenvalue weighted by Crippen LogP contribution is 2.24. The van der Waals surface area contributed by atoms with Crippen LogP contribution in [0.25, 0.3) is 0 Å². The summed E-state index contributed by atoms with van der Waals surface area (Å²) in [5.74, 6) is -1.58. The summed E-state index contributed by atoms with van der Waals surface area (Å²) >= 11 is 0. The van der Waals surface area contributed by atoms with Crippen LogP contribution in [0.2, 0.25) is 0 Å². The summed E-state index contributed by atoms with van der Waals surface area (Å²) in [7, 11) is -1.83. The van der Waals surface area contributed by atoms with Gasteiger partial charge in [0.25, 0.3) is 0 Å². The number of piperazine rings is 1. The molecule has 1 fully saturated rings. The molecule has 0 unspecified atom stereocenters. The molecule has 1 heterocycles. The first-order chi connectivity index (χ1) is 13.3. The van der Waals surface area contributed by atoms with E-state index in [4.69, 9.17) is 4.74 Å². The summed E-state index contributed by atoms with van der Waals surface area (Å²) in [6.45, 7) is 2.22. The minimum atomic E-state index is -4.13. The normalized spacial score (nSPS) is 15.0. The first kappa shape index (κ1) is 21.6. The van der Waals surface area contributed by atoms with E-state index in [1.165, 1.54) is 24.1 Å². The number of nitrogens with zero attached hydrogens (tertiary/aromatic N) is 2. The molecular weight excluding hydrogens is 392 g/mol. The van der Waals surface area contributed by atoms with E-state index < -0.39 is 28.1 Å². The number of methoxy groups -OCH3 is 2. The zero-order valence-corrected chi connectivity index (χ0v) is 16.7. The van der Waals surface area contributed by atoms with Crippen LogP contribution in [0.1, 0.15) is 27.6 Å². The minimum absolute atomic E-state index is 0.0149. The SMILES string of the molecule is CCOC(=O)N1CCN(S(=O)(=O)c2cc(C(=O)OC)ccc2C(=O)OC)CC1. The molecule has 0 aromatic heterocycles. The van der Waals surface area contributed by atoms with Gasteiger partial charge in [-0.25, -0.2) is 22.8 Å². The summed E-state index contributed by atoms with van der Waals surface area (Å²) < 4.78 is 41.6. The van der Waals surface area contributed by atoms with Crippen molar-refractivity contribution in [1.82, 2.24) is 9.21 Å². The topological polar surface area (TPSA) is 120 Å². The lowest BCUT2D eigenvalue weighted by Gasteiger charge is -2.33. The Morgan fingerprint density at radius 1 is 1.00 bits per heavy atom. The van der Waals surface area contributed by atoms with Gasteiger partial charge in [0.1, 0.15) is 0 Å². The van der Waals surface area contributed by atoms with Crippen LogP contribution in [-0.4, -0.2) is 82.7 Å². The Morgan fingerprint density at radius 2 is 1.61 bits per heavy atom. The fourth-order valence-corrected chi connectivity index (χ4v) is 4.35. The Morgan fingerprint density at radius 3 is 2.14 bits per heavy atom. The second-order valence-corrected chi connectivity index (χ2v) is 7.69. The van der Waals surface area contributed by atoms with E-state index in [1.54, 1.807) is 6.92 Å². The first-order valence-electron chi connectivity index (χ1n) is 8.48. The number of amides is 1. The average molecular weight is 414 g/mol. The predicted molar refractivity (Wildman–Crippen MR) is 96.5 cm³/mol. The smallest absolute Gasteiger partial charge is 0.409 e. The molecular formula is C17H22N2O8S. The molecule has 0 aliphatic carbocycles. The molecule has 0 spiro atoms. The zero-order chi connectivity index (χ0) is 20.9. The van der Waals surface area contributed by atoms with Crippen LogP contribution < -0.4 is 0 Å². The van der Waals surface area contributed by atoms with E-state index in [2.05, 4.69) is 9.47 Å². The van der Waals surface area contributed by atoms with Crippen LogP contribution in [0.5, 0.6) is 0 Å². The van der Waals surface area contributed by atoms with Gasteiger partial charge in [-0.1, -0.05) is 0 Å². The van der Waals surface area contributed by atoms with E-state index in [-0.39, 0.29) is 48.8 Å². The van der Waals surface area contributed by atoms with E-state index in [0.717, 1.165) is 17.5 Å². The van der Waals surface area contributed by atoms with Crippen molar-refractivity contribution in [2.45, 2.75) is 11.8 Å². The number of hydrogen-bond acceptors (Lipinski definition) is 8. The number of carbonyl (C=O) groups excluding carboxylic acids is 3. The third-order valence-corrected chi connectivity index (χ3v) is 6.13. The molecule has 2 rings (SSSR count). The predicted octanol–water partition coefficient (Wildman–Crippen LogP) is 0.723. The summed E-state index contributed by atoms with van der Waals surface area (Å²) in [5.41, 5.74) is -0.207. The van der Waals surface area contributed by atoms with Gasteiger partial charge in [0.05, 0.1) is 36.8 Å². The van der Waals surface area contributed by atoms with Crippen LogP contribution in [0.15, 0.2) is 23.1 Å². The van der Waals surface area contributed by atoms with Gasteiger partial charge in [0.2, 0.25) is 10.0 Å². The van der Waals surface area contributed by atoms with Gasteiger partial charge in [0.15, 0.2) is 0 Å². The number of sulfonamides is 1. The Balaban J connectivity index is 2.35. The van der Waals surface area contributed by atoms with Crippen molar-refractivity contribution in [3.63, 3.8) is 0 Å². The van der Waals surface area contributed by atoms with Gasteiger partial charge in [0, 0.05) is 26.2 Å². The van der Waals surface area contributed by atoms with Crippen molar-refractivity contribution >= 4 is 28.1 Å². The van der Waals surface area contributed by atoms with E-state index in [0.29, 0.717) is 0 Å². The van der Waals surface area contributed by atoms with E-state index >= 15 is 0 Å². The minimum Gasteiger partial charge on any atom is -0.465 e. The molecule has 1 aliphatic rings. The third kappa shape index (κ3) is 4.42. The van der Waals surface area contributed by atoms with E-state index in [9.17, 15) is 22.8 Å². The number of rotatable bonds is 5. The Bertz CT molecular complexity index is 860.